The largest absolute Gasteiger partial charge is 0.353 e. The summed E-state index contributed by atoms with van der Waals surface area (Å²) in [5.41, 5.74) is 0.962. The molecule has 148 valence electrons. The van der Waals surface area contributed by atoms with Crippen molar-refractivity contribution < 1.29 is 4.63 Å². The molecule has 0 aliphatic carbocycles. The molecular weight excluding hydrogens is 358 g/mol. The van der Waals surface area contributed by atoms with Gasteiger partial charge in [-0.1, -0.05) is 0 Å². The van der Waals surface area contributed by atoms with E-state index in [0.29, 0.717) is 11.3 Å². The first-order chi connectivity index (χ1) is 13.8. The maximum Gasteiger partial charge on any atom is 0.245 e. The van der Waals surface area contributed by atoms with Gasteiger partial charge in [0.2, 0.25) is 11.3 Å². The van der Waals surface area contributed by atoms with Gasteiger partial charge in [-0.05, 0) is 29.6 Å². The zero-order chi connectivity index (χ0) is 18.9. The van der Waals surface area contributed by atoms with Crippen LogP contribution >= 0.6 is 0 Å². The van der Waals surface area contributed by atoms with Crippen LogP contribution in [0.4, 0.5) is 11.6 Å². The van der Waals surface area contributed by atoms with E-state index in [-0.39, 0.29) is 0 Å². The summed E-state index contributed by atoms with van der Waals surface area (Å²) >= 11 is 0. The van der Waals surface area contributed by atoms with Crippen LogP contribution in [-0.2, 0) is 13.6 Å². The Labute approximate surface area is 163 Å². The first-order valence-electron chi connectivity index (χ1n) is 9.97. The fraction of sp³-hybridized carbons (Fsp3) is 0.611. The number of piperazine rings is 1. The highest BCUT2D eigenvalue weighted by atomic mass is 16.6. The van der Waals surface area contributed by atoms with Gasteiger partial charge < -0.3 is 14.4 Å². The lowest BCUT2D eigenvalue weighted by Gasteiger charge is -2.37. The van der Waals surface area contributed by atoms with Crippen LogP contribution in [0, 0.1) is 0 Å². The Balaban J connectivity index is 1.36. The van der Waals surface area contributed by atoms with Crippen molar-refractivity contribution in [1.29, 1.82) is 0 Å². The quantitative estimate of drug-likeness (QED) is 0.655. The second kappa shape index (κ2) is 7.34. The van der Waals surface area contributed by atoms with Gasteiger partial charge in [-0.3, -0.25) is 4.90 Å². The van der Waals surface area contributed by atoms with E-state index in [1.807, 2.05) is 19.4 Å². The van der Waals surface area contributed by atoms with E-state index in [1.54, 1.807) is 0 Å². The van der Waals surface area contributed by atoms with Gasteiger partial charge in [0.15, 0.2) is 11.6 Å². The van der Waals surface area contributed by atoms with Crippen LogP contribution < -0.4 is 9.80 Å². The number of anilines is 2. The smallest absolute Gasteiger partial charge is 0.245 e. The maximum atomic E-state index is 4.86. The summed E-state index contributed by atoms with van der Waals surface area (Å²) in [6, 6.07) is 0. The summed E-state index contributed by atoms with van der Waals surface area (Å²) in [4.78, 5) is 21.1. The second-order valence-electron chi connectivity index (χ2n) is 7.55. The Morgan fingerprint density at radius 3 is 2.11 bits per heavy atom. The average Bonchev–Trinajstić information content (AvgIpc) is 3.37. The molecule has 5 rings (SSSR count). The third-order valence-electron chi connectivity index (χ3n) is 5.69. The summed E-state index contributed by atoms with van der Waals surface area (Å²) < 4.78 is 6.94. The van der Waals surface area contributed by atoms with Gasteiger partial charge in [0.25, 0.3) is 0 Å². The molecular formula is C18H25N9O. The number of nitrogens with zero attached hydrogens (tertiary/aromatic N) is 9. The minimum absolute atomic E-state index is 0.478. The summed E-state index contributed by atoms with van der Waals surface area (Å²) in [6.07, 6.45) is 7.50. The number of aromatic nitrogens is 6. The molecule has 0 unspecified atom stereocenters. The van der Waals surface area contributed by atoms with Crippen molar-refractivity contribution in [2.75, 3.05) is 49.1 Å². The van der Waals surface area contributed by atoms with Crippen molar-refractivity contribution in [2.45, 2.75) is 25.8 Å². The van der Waals surface area contributed by atoms with Crippen molar-refractivity contribution in [3.8, 4) is 0 Å². The van der Waals surface area contributed by atoms with Crippen LogP contribution in [0.1, 0.15) is 25.1 Å². The molecule has 0 amide bonds. The Bertz CT molecular complexity index is 938. The van der Waals surface area contributed by atoms with Crippen molar-refractivity contribution in [3.63, 3.8) is 0 Å². The van der Waals surface area contributed by atoms with Crippen LogP contribution in [0.5, 0.6) is 0 Å². The number of hydrogen-bond donors (Lipinski definition) is 0. The summed E-state index contributed by atoms with van der Waals surface area (Å²) in [5, 5.41) is 7.81. The highest BCUT2D eigenvalue weighted by Gasteiger charge is 2.26. The van der Waals surface area contributed by atoms with Gasteiger partial charge in [0.05, 0.1) is 6.54 Å². The lowest BCUT2D eigenvalue weighted by Crippen LogP contribution is -2.47. The van der Waals surface area contributed by atoms with Crippen LogP contribution in [0.2, 0.25) is 0 Å². The fourth-order valence-corrected chi connectivity index (χ4v) is 4.02. The van der Waals surface area contributed by atoms with Crippen LogP contribution in [-0.4, -0.2) is 74.0 Å². The minimum atomic E-state index is 0.478. The zero-order valence-electron chi connectivity index (χ0n) is 16.2. The van der Waals surface area contributed by atoms with Gasteiger partial charge in [0.1, 0.15) is 5.82 Å². The van der Waals surface area contributed by atoms with Gasteiger partial charge in [0, 0.05) is 58.7 Å². The highest BCUT2D eigenvalue weighted by molar-refractivity contribution is 5.74. The number of aryl methyl sites for hydroxylation is 1. The molecule has 0 spiro atoms. The van der Waals surface area contributed by atoms with Crippen molar-refractivity contribution in [3.05, 3.63) is 18.2 Å². The van der Waals surface area contributed by atoms with Crippen molar-refractivity contribution >= 4 is 22.9 Å². The Kier molecular flexibility index (Phi) is 4.55. The van der Waals surface area contributed by atoms with E-state index < -0.39 is 0 Å². The molecule has 10 heteroatoms. The van der Waals surface area contributed by atoms with E-state index in [4.69, 9.17) is 14.6 Å². The van der Waals surface area contributed by atoms with E-state index in [9.17, 15) is 0 Å². The lowest BCUT2D eigenvalue weighted by atomic mass is 10.1. The van der Waals surface area contributed by atoms with E-state index in [2.05, 4.69) is 34.6 Å². The first-order valence-corrected chi connectivity index (χ1v) is 9.97. The molecule has 2 saturated heterocycles. The zero-order valence-corrected chi connectivity index (χ0v) is 16.2. The van der Waals surface area contributed by atoms with E-state index in [1.165, 1.54) is 19.3 Å². The molecule has 5 heterocycles. The topological polar surface area (TPSA) is 92.2 Å². The van der Waals surface area contributed by atoms with Crippen LogP contribution in [0.3, 0.4) is 0 Å². The lowest BCUT2D eigenvalue weighted by molar-refractivity contribution is 0.241. The molecule has 0 aromatic carbocycles. The van der Waals surface area contributed by atoms with Crippen LogP contribution in [0.25, 0.3) is 11.3 Å². The van der Waals surface area contributed by atoms with Crippen LogP contribution in [0.15, 0.2) is 17.0 Å². The molecule has 2 fully saturated rings. The molecule has 0 radical (unpaired) electrons. The Hall–Kier alpha value is -2.75. The number of imidazole rings is 1. The summed E-state index contributed by atoms with van der Waals surface area (Å²) in [5.74, 6) is 2.92. The monoisotopic (exact) mass is 383 g/mol. The second-order valence-corrected chi connectivity index (χ2v) is 7.55. The molecule has 0 saturated carbocycles. The number of piperidine rings is 1. The van der Waals surface area contributed by atoms with E-state index in [0.717, 1.165) is 63.3 Å². The molecule has 0 atom stereocenters. The SMILES string of the molecule is Cn1ccnc1CN1CCN(c2nc3nonc3nc2N2CCCCC2)CC1. The van der Waals surface area contributed by atoms with Gasteiger partial charge >= 0.3 is 0 Å². The van der Waals surface area contributed by atoms with Crippen molar-refractivity contribution in [2.24, 2.45) is 7.05 Å². The van der Waals surface area contributed by atoms with E-state index >= 15 is 0 Å². The molecule has 2 aliphatic rings. The molecule has 10 nitrogen and oxygen atoms in total. The molecule has 0 N–H and O–H groups in total. The van der Waals surface area contributed by atoms with Gasteiger partial charge in [-0.2, -0.15) is 0 Å². The molecule has 2 aliphatic heterocycles. The normalized spacial score (nSPS) is 18.9. The molecule has 28 heavy (non-hydrogen) atoms. The molecule has 3 aromatic rings. The van der Waals surface area contributed by atoms with Crippen molar-refractivity contribution in [1.82, 2.24) is 34.7 Å². The molecule has 3 aromatic heterocycles. The third-order valence-corrected chi connectivity index (χ3v) is 5.69. The summed E-state index contributed by atoms with van der Waals surface area (Å²) in [7, 11) is 2.04. The third kappa shape index (κ3) is 3.28. The first kappa shape index (κ1) is 17.4. The number of fused-ring (bicyclic) bond motifs is 1. The van der Waals surface area contributed by atoms with Gasteiger partial charge in [-0.25, -0.2) is 19.6 Å². The number of hydrogen-bond acceptors (Lipinski definition) is 9. The Morgan fingerprint density at radius 2 is 1.50 bits per heavy atom. The predicted molar refractivity (Wildman–Crippen MR) is 104 cm³/mol. The fourth-order valence-electron chi connectivity index (χ4n) is 4.02. The maximum absolute atomic E-state index is 4.86. The summed E-state index contributed by atoms with van der Waals surface area (Å²) in [6.45, 7) is 6.61. The standard InChI is InChI=1S/C18H25N9O/c1-24-8-5-19-14(24)13-25-9-11-27(12-10-25)18-17(26-6-3-2-4-7-26)20-15-16(21-18)23-28-22-15/h5,8H,2-4,6-7,9-13H2,1H3. The molecule has 0 bridgehead atoms. The highest BCUT2D eigenvalue weighted by Crippen LogP contribution is 2.30. The minimum Gasteiger partial charge on any atom is -0.353 e. The average molecular weight is 383 g/mol. The van der Waals surface area contributed by atoms with Gasteiger partial charge in [-0.15, -0.1) is 0 Å². The Morgan fingerprint density at radius 1 is 0.857 bits per heavy atom. The predicted octanol–water partition coefficient (Wildman–Crippen LogP) is 1.06. The number of rotatable bonds is 4.